The van der Waals surface area contributed by atoms with Gasteiger partial charge in [0.1, 0.15) is 0 Å². The smallest absolute Gasteiger partial charge is 0.0911 e. The highest BCUT2D eigenvalue weighted by Crippen LogP contribution is 2.50. The van der Waals surface area contributed by atoms with Crippen LogP contribution in [0, 0.1) is 16.7 Å². The summed E-state index contributed by atoms with van der Waals surface area (Å²) in [6.07, 6.45) is 6.06. The highest BCUT2D eigenvalue weighted by Gasteiger charge is 2.46. The van der Waals surface area contributed by atoms with Crippen molar-refractivity contribution in [1.29, 1.82) is 5.41 Å². The van der Waals surface area contributed by atoms with Crippen molar-refractivity contribution in [2.75, 3.05) is 13.1 Å². The first-order valence-electron chi connectivity index (χ1n) is 6.59. The van der Waals surface area contributed by atoms with Crippen molar-refractivity contribution in [2.45, 2.75) is 52.0 Å². The van der Waals surface area contributed by atoms with Crippen molar-refractivity contribution in [3.63, 3.8) is 0 Å². The molecule has 2 fully saturated rings. The van der Waals surface area contributed by atoms with Crippen LogP contribution < -0.4 is 5.73 Å². The Balaban J connectivity index is 1.91. The first-order chi connectivity index (χ1) is 7.52. The lowest BCUT2D eigenvalue weighted by Gasteiger charge is -2.31. The van der Waals surface area contributed by atoms with Gasteiger partial charge in [0, 0.05) is 19.0 Å². The van der Waals surface area contributed by atoms with Crippen LogP contribution >= 0.6 is 0 Å². The predicted molar refractivity (Wildman–Crippen MR) is 67.6 cm³/mol. The molecule has 0 bridgehead atoms. The van der Waals surface area contributed by atoms with Crippen LogP contribution in [-0.4, -0.2) is 29.9 Å². The summed E-state index contributed by atoms with van der Waals surface area (Å²) < 4.78 is 0. The predicted octanol–water partition coefficient (Wildman–Crippen LogP) is 2.21. The number of likely N-dealkylation sites (tertiary alicyclic amines) is 1. The third-order valence-corrected chi connectivity index (χ3v) is 4.24. The average Bonchev–Trinajstić information content (AvgIpc) is 2.75. The van der Waals surface area contributed by atoms with E-state index in [-0.39, 0.29) is 0 Å². The Morgan fingerprint density at radius 1 is 1.50 bits per heavy atom. The first-order valence-corrected chi connectivity index (χ1v) is 6.59. The molecule has 0 spiro atoms. The van der Waals surface area contributed by atoms with E-state index in [9.17, 15) is 0 Å². The number of hydrogen-bond acceptors (Lipinski definition) is 2. The molecule has 0 aromatic rings. The molecule has 2 aliphatic rings. The Hall–Kier alpha value is -0.570. The van der Waals surface area contributed by atoms with Gasteiger partial charge in [-0.1, -0.05) is 13.8 Å². The van der Waals surface area contributed by atoms with E-state index in [2.05, 4.69) is 18.7 Å². The number of nitrogens with zero attached hydrogens (tertiary/aromatic N) is 1. The van der Waals surface area contributed by atoms with Crippen molar-refractivity contribution in [3.8, 4) is 0 Å². The van der Waals surface area contributed by atoms with Crippen molar-refractivity contribution >= 4 is 5.84 Å². The lowest BCUT2D eigenvalue weighted by atomic mass is 9.97. The average molecular weight is 223 g/mol. The van der Waals surface area contributed by atoms with E-state index in [0.29, 0.717) is 11.3 Å². The molecular weight excluding hydrogens is 198 g/mol. The number of nitrogens with one attached hydrogen (secondary N) is 1. The molecule has 1 aliphatic carbocycles. The molecule has 3 N–H and O–H groups in total. The Bertz CT molecular complexity index is 268. The van der Waals surface area contributed by atoms with Crippen molar-refractivity contribution < 1.29 is 0 Å². The number of amidine groups is 1. The molecule has 92 valence electrons. The molecule has 0 aromatic heterocycles. The number of rotatable bonds is 5. The van der Waals surface area contributed by atoms with Crippen molar-refractivity contribution in [1.82, 2.24) is 4.90 Å². The van der Waals surface area contributed by atoms with Crippen LogP contribution in [0.1, 0.15) is 46.0 Å². The second-order valence-corrected chi connectivity index (χ2v) is 6.13. The van der Waals surface area contributed by atoms with Crippen LogP contribution in [0.25, 0.3) is 0 Å². The van der Waals surface area contributed by atoms with Gasteiger partial charge in [-0.3, -0.25) is 10.3 Å². The summed E-state index contributed by atoms with van der Waals surface area (Å²) in [5.74, 6) is 1.13. The molecule has 0 amide bonds. The van der Waals surface area contributed by atoms with Crippen molar-refractivity contribution in [3.05, 3.63) is 0 Å². The summed E-state index contributed by atoms with van der Waals surface area (Å²) in [6, 6.07) is 0.768. The van der Waals surface area contributed by atoms with E-state index in [1.54, 1.807) is 0 Å². The fourth-order valence-electron chi connectivity index (χ4n) is 3.21. The van der Waals surface area contributed by atoms with Crippen molar-refractivity contribution in [2.24, 2.45) is 17.1 Å². The van der Waals surface area contributed by atoms with E-state index < -0.39 is 0 Å². The Morgan fingerprint density at radius 3 is 2.69 bits per heavy atom. The zero-order valence-electron chi connectivity index (χ0n) is 10.6. The normalized spacial score (nSPS) is 28.6. The molecule has 1 saturated carbocycles. The summed E-state index contributed by atoms with van der Waals surface area (Å²) in [7, 11) is 0. The first kappa shape index (κ1) is 11.9. The highest BCUT2D eigenvalue weighted by atomic mass is 15.2. The molecule has 1 heterocycles. The van der Waals surface area contributed by atoms with Crippen LogP contribution in [0.4, 0.5) is 0 Å². The minimum Gasteiger partial charge on any atom is -0.388 e. The van der Waals surface area contributed by atoms with E-state index >= 15 is 0 Å². The summed E-state index contributed by atoms with van der Waals surface area (Å²) in [4.78, 5) is 2.65. The van der Waals surface area contributed by atoms with Gasteiger partial charge in [-0.25, -0.2) is 0 Å². The number of hydrogen-bond donors (Lipinski definition) is 2. The third-order valence-electron chi connectivity index (χ3n) is 4.24. The SMILES string of the molecule is CC(C)C1CCCN1CC1(CC(=N)N)CC1. The maximum Gasteiger partial charge on any atom is 0.0911 e. The molecule has 16 heavy (non-hydrogen) atoms. The largest absolute Gasteiger partial charge is 0.388 e. The minimum absolute atomic E-state index is 0.373. The van der Waals surface area contributed by atoms with E-state index in [1.165, 1.54) is 38.8 Å². The molecule has 3 heteroatoms. The molecule has 1 unspecified atom stereocenters. The quantitative estimate of drug-likeness (QED) is 0.554. The van der Waals surface area contributed by atoms with Crippen LogP contribution in [0.15, 0.2) is 0 Å². The Labute approximate surface area is 98.9 Å². The molecule has 1 saturated heterocycles. The Morgan fingerprint density at radius 2 is 2.19 bits per heavy atom. The van der Waals surface area contributed by atoms with Gasteiger partial charge >= 0.3 is 0 Å². The van der Waals surface area contributed by atoms with Gasteiger partial charge in [-0.2, -0.15) is 0 Å². The van der Waals surface area contributed by atoms with Crippen LogP contribution in [0.5, 0.6) is 0 Å². The van der Waals surface area contributed by atoms with Crippen LogP contribution in [-0.2, 0) is 0 Å². The summed E-state index contributed by atoms with van der Waals surface area (Å²) in [5.41, 5.74) is 5.93. The van der Waals surface area contributed by atoms with Gasteiger partial charge in [-0.05, 0) is 43.6 Å². The van der Waals surface area contributed by atoms with Gasteiger partial charge in [0.25, 0.3) is 0 Å². The second-order valence-electron chi connectivity index (χ2n) is 6.13. The topological polar surface area (TPSA) is 53.1 Å². The molecule has 2 rings (SSSR count). The minimum atomic E-state index is 0.373. The molecular formula is C13H25N3. The van der Waals surface area contributed by atoms with E-state index in [0.717, 1.165) is 18.4 Å². The third kappa shape index (κ3) is 2.57. The molecule has 3 nitrogen and oxygen atoms in total. The zero-order chi connectivity index (χ0) is 11.8. The zero-order valence-corrected chi connectivity index (χ0v) is 10.6. The summed E-state index contributed by atoms with van der Waals surface area (Å²) in [5, 5.41) is 7.46. The van der Waals surface area contributed by atoms with Crippen LogP contribution in [0.2, 0.25) is 0 Å². The Kier molecular flexibility index (Phi) is 3.24. The summed E-state index contributed by atoms with van der Waals surface area (Å²) in [6.45, 7) is 7.08. The second kappa shape index (κ2) is 4.36. The van der Waals surface area contributed by atoms with Crippen LogP contribution in [0.3, 0.4) is 0 Å². The molecule has 0 aromatic carbocycles. The fraction of sp³-hybridized carbons (Fsp3) is 0.923. The van der Waals surface area contributed by atoms with E-state index in [4.69, 9.17) is 11.1 Å². The lowest BCUT2D eigenvalue weighted by Crippen LogP contribution is -2.38. The lowest BCUT2D eigenvalue weighted by molar-refractivity contribution is 0.170. The van der Waals surface area contributed by atoms with Gasteiger partial charge < -0.3 is 5.73 Å². The maximum absolute atomic E-state index is 7.46. The fourth-order valence-corrected chi connectivity index (χ4v) is 3.21. The standard InChI is InChI=1S/C13H25N3/c1-10(2)11-4-3-7-16(11)9-13(5-6-13)8-12(14)15/h10-11H,3-9H2,1-2H3,(H3,14,15). The summed E-state index contributed by atoms with van der Waals surface area (Å²) >= 11 is 0. The van der Waals surface area contributed by atoms with Gasteiger partial charge in [0.15, 0.2) is 0 Å². The highest BCUT2D eigenvalue weighted by molar-refractivity contribution is 5.78. The van der Waals surface area contributed by atoms with E-state index in [1.807, 2.05) is 0 Å². The molecule has 1 aliphatic heterocycles. The monoisotopic (exact) mass is 223 g/mol. The molecule has 1 atom stereocenters. The van der Waals surface area contributed by atoms with Gasteiger partial charge in [0.2, 0.25) is 0 Å². The molecule has 0 radical (unpaired) electrons. The maximum atomic E-state index is 7.46. The van der Waals surface area contributed by atoms with Gasteiger partial charge in [-0.15, -0.1) is 0 Å². The number of nitrogens with two attached hydrogens (primary N) is 1. The van der Waals surface area contributed by atoms with Gasteiger partial charge in [0.05, 0.1) is 5.84 Å².